The van der Waals surface area contributed by atoms with Crippen LogP contribution in [0.3, 0.4) is 0 Å². The Morgan fingerprint density at radius 2 is 1.31 bits per heavy atom. The van der Waals surface area contributed by atoms with E-state index < -0.39 is 0 Å². The summed E-state index contributed by atoms with van der Waals surface area (Å²) < 4.78 is 4.43. The van der Waals surface area contributed by atoms with Crippen LogP contribution in [-0.2, 0) is 0 Å². The van der Waals surface area contributed by atoms with Crippen LogP contribution in [0.2, 0.25) is 0 Å². The third-order valence-corrected chi connectivity index (χ3v) is 7.15. The van der Waals surface area contributed by atoms with Gasteiger partial charge in [-0.1, -0.05) is 66.7 Å². The number of hydrogen-bond donors (Lipinski definition) is 1. The number of H-pyrrole nitrogens is 1. The van der Waals surface area contributed by atoms with Gasteiger partial charge in [-0.2, -0.15) is 5.10 Å². The lowest BCUT2D eigenvalue weighted by atomic mass is 10.1. The summed E-state index contributed by atoms with van der Waals surface area (Å²) in [6.07, 6.45) is 2.01. The molecule has 5 aromatic carbocycles. The van der Waals surface area contributed by atoms with Crippen molar-refractivity contribution in [2.75, 3.05) is 0 Å². The number of hydrogen-bond acceptors (Lipinski definition) is 1. The average molecular weight is 449 g/mol. The minimum Gasteiger partial charge on any atom is -0.353 e. The van der Waals surface area contributed by atoms with E-state index in [1.807, 2.05) is 6.20 Å². The summed E-state index contributed by atoms with van der Waals surface area (Å²) in [7, 11) is 0. The van der Waals surface area contributed by atoms with Crippen LogP contribution in [0.1, 0.15) is 0 Å². The van der Waals surface area contributed by atoms with Gasteiger partial charge in [-0.25, -0.2) is 4.68 Å². The third-order valence-electron chi connectivity index (χ3n) is 7.15. The molecule has 0 bridgehead atoms. The van der Waals surface area contributed by atoms with Gasteiger partial charge in [0.05, 0.1) is 34.0 Å². The zero-order valence-corrected chi connectivity index (χ0v) is 18.8. The minimum absolute atomic E-state index is 1.05. The summed E-state index contributed by atoms with van der Waals surface area (Å²) in [5.74, 6) is 0. The molecule has 1 N–H and O–H groups in total. The minimum atomic E-state index is 1.05. The first kappa shape index (κ1) is 18.6. The zero-order chi connectivity index (χ0) is 22.9. The van der Waals surface area contributed by atoms with Gasteiger partial charge >= 0.3 is 0 Å². The predicted octanol–water partition coefficient (Wildman–Crippen LogP) is 7.76. The van der Waals surface area contributed by atoms with Crippen LogP contribution >= 0.6 is 0 Å². The molecule has 8 aromatic rings. The number of nitrogens with one attached hydrogen (secondary N) is 1. The van der Waals surface area contributed by atoms with E-state index in [0.717, 1.165) is 33.3 Å². The Balaban J connectivity index is 1.49. The monoisotopic (exact) mass is 448 g/mol. The van der Waals surface area contributed by atoms with Crippen LogP contribution < -0.4 is 0 Å². The molecule has 0 spiro atoms. The first-order valence-electron chi connectivity index (χ1n) is 11.8. The largest absolute Gasteiger partial charge is 0.353 e. The molecule has 35 heavy (non-hydrogen) atoms. The fraction of sp³-hybridized carbons (Fsp3) is 0. The van der Waals surface area contributed by atoms with Gasteiger partial charge in [-0.3, -0.25) is 0 Å². The van der Waals surface area contributed by atoms with Gasteiger partial charge in [-0.05, 0) is 42.5 Å². The molecular weight excluding hydrogens is 428 g/mol. The number of aromatic amines is 1. The first-order valence-corrected chi connectivity index (χ1v) is 11.8. The Bertz CT molecular complexity index is 2050. The highest BCUT2D eigenvalue weighted by atomic mass is 15.3. The van der Waals surface area contributed by atoms with Gasteiger partial charge in [-0.15, -0.1) is 0 Å². The Hall–Kier alpha value is -4.83. The molecule has 3 aromatic heterocycles. The van der Waals surface area contributed by atoms with Gasteiger partial charge in [0.1, 0.15) is 0 Å². The molecule has 4 nitrogen and oxygen atoms in total. The molecule has 0 saturated heterocycles. The number of nitrogens with zero attached hydrogens (tertiary/aromatic N) is 3. The second-order valence-corrected chi connectivity index (χ2v) is 9.01. The van der Waals surface area contributed by atoms with E-state index in [4.69, 9.17) is 5.10 Å². The fourth-order valence-corrected chi connectivity index (χ4v) is 5.63. The normalized spacial score (nSPS) is 12.0. The Morgan fingerprint density at radius 1 is 0.543 bits per heavy atom. The maximum Gasteiger partial charge on any atom is 0.0894 e. The highest BCUT2D eigenvalue weighted by Crippen LogP contribution is 2.38. The van der Waals surface area contributed by atoms with Crippen LogP contribution in [0, 0.1) is 0 Å². The summed E-state index contributed by atoms with van der Waals surface area (Å²) >= 11 is 0. The molecule has 3 heterocycles. The number of rotatable bonds is 2. The van der Waals surface area contributed by atoms with Crippen LogP contribution in [-0.4, -0.2) is 19.3 Å². The van der Waals surface area contributed by atoms with Crippen molar-refractivity contribution in [3.8, 4) is 11.4 Å². The maximum atomic E-state index is 4.92. The molecule has 4 heteroatoms. The highest BCUT2D eigenvalue weighted by molar-refractivity contribution is 6.18. The molecule has 0 saturated carbocycles. The highest BCUT2D eigenvalue weighted by Gasteiger charge is 2.18. The average Bonchev–Trinajstić information content (AvgIpc) is 3.60. The maximum absolute atomic E-state index is 4.92. The van der Waals surface area contributed by atoms with Crippen LogP contribution in [0.4, 0.5) is 0 Å². The van der Waals surface area contributed by atoms with Gasteiger partial charge < -0.3 is 9.55 Å². The number of aromatic nitrogens is 4. The van der Waals surface area contributed by atoms with Gasteiger partial charge in [0.25, 0.3) is 0 Å². The number of benzene rings is 5. The molecule has 164 valence electrons. The molecule has 0 amide bonds. The SMILES string of the molecule is c1ccc(-n2c3ccccc3c3ccc4c(cnn4-c4cccc5c4[nH]c4ccccc45)c32)cc1. The quantitative estimate of drug-likeness (QED) is 0.288. The van der Waals surface area contributed by atoms with Crippen molar-refractivity contribution in [2.24, 2.45) is 0 Å². The summed E-state index contributed by atoms with van der Waals surface area (Å²) in [4.78, 5) is 3.63. The van der Waals surface area contributed by atoms with E-state index in [2.05, 4.69) is 123 Å². The molecule has 0 fully saturated rings. The van der Waals surface area contributed by atoms with E-state index in [-0.39, 0.29) is 0 Å². The first-order chi connectivity index (χ1) is 17.4. The van der Waals surface area contributed by atoms with Crippen molar-refractivity contribution >= 4 is 54.5 Å². The molecule has 8 rings (SSSR count). The predicted molar refractivity (Wildman–Crippen MR) is 145 cm³/mol. The van der Waals surface area contributed by atoms with E-state index >= 15 is 0 Å². The van der Waals surface area contributed by atoms with Gasteiger partial charge in [0.15, 0.2) is 0 Å². The molecular formula is C31H20N4. The van der Waals surface area contributed by atoms with Crippen molar-refractivity contribution in [3.63, 3.8) is 0 Å². The van der Waals surface area contributed by atoms with Crippen molar-refractivity contribution in [3.05, 3.63) is 115 Å². The Morgan fingerprint density at radius 3 is 2.23 bits per heavy atom. The lowest BCUT2D eigenvalue weighted by molar-refractivity contribution is 0.916. The Kier molecular flexibility index (Phi) is 3.63. The number of fused-ring (bicyclic) bond motifs is 8. The van der Waals surface area contributed by atoms with Crippen molar-refractivity contribution in [1.82, 2.24) is 19.3 Å². The third kappa shape index (κ3) is 2.48. The molecule has 0 atom stereocenters. The lowest BCUT2D eigenvalue weighted by Gasteiger charge is -2.09. The van der Waals surface area contributed by atoms with E-state index in [1.165, 1.54) is 32.6 Å². The smallest absolute Gasteiger partial charge is 0.0894 e. The summed E-state index contributed by atoms with van der Waals surface area (Å²) in [6.45, 7) is 0. The topological polar surface area (TPSA) is 38.5 Å². The van der Waals surface area contributed by atoms with Crippen molar-refractivity contribution in [1.29, 1.82) is 0 Å². The van der Waals surface area contributed by atoms with Crippen LogP contribution in [0.25, 0.3) is 65.9 Å². The Labute approximate surface area is 200 Å². The van der Waals surface area contributed by atoms with Crippen LogP contribution in [0.5, 0.6) is 0 Å². The number of para-hydroxylation sites is 4. The van der Waals surface area contributed by atoms with Crippen molar-refractivity contribution in [2.45, 2.75) is 0 Å². The molecule has 0 radical (unpaired) electrons. The summed E-state index contributed by atoms with van der Waals surface area (Å²) in [5, 5.41) is 11.0. The standard InChI is InChI=1S/C31H20N4/c1-2-9-20(10-3-1)34-27-15-7-5-12-22(27)24-17-18-28-25(31(24)34)19-32-35(28)29-16-8-13-23-21-11-4-6-14-26(21)33-30(23)29/h1-19,33H. The van der Waals surface area contributed by atoms with Gasteiger partial charge in [0.2, 0.25) is 0 Å². The van der Waals surface area contributed by atoms with Crippen LogP contribution in [0.15, 0.2) is 115 Å². The molecule has 0 aliphatic carbocycles. The van der Waals surface area contributed by atoms with Crippen molar-refractivity contribution < 1.29 is 0 Å². The van der Waals surface area contributed by atoms with Gasteiger partial charge in [0, 0.05) is 38.1 Å². The lowest BCUT2D eigenvalue weighted by Crippen LogP contribution is -1.97. The van der Waals surface area contributed by atoms with E-state index in [1.54, 1.807) is 0 Å². The molecule has 0 unspecified atom stereocenters. The molecule has 0 aliphatic heterocycles. The summed E-state index contributed by atoms with van der Waals surface area (Å²) in [6, 6.07) is 38.5. The fourth-order valence-electron chi connectivity index (χ4n) is 5.63. The molecule has 0 aliphatic rings. The zero-order valence-electron chi connectivity index (χ0n) is 18.8. The van der Waals surface area contributed by atoms with E-state index in [0.29, 0.717) is 0 Å². The summed E-state index contributed by atoms with van der Waals surface area (Å²) in [5.41, 5.74) is 7.91. The van der Waals surface area contributed by atoms with E-state index in [9.17, 15) is 0 Å². The second kappa shape index (κ2) is 6.84. The second-order valence-electron chi connectivity index (χ2n) is 9.01.